The van der Waals surface area contributed by atoms with Crippen LogP contribution in [0.3, 0.4) is 0 Å². The summed E-state index contributed by atoms with van der Waals surface area (Å²) in [6, 6.07) is 11.6. The number of H-pyrrole nitrogens is 1. The molecule has 1 heterocycles. The van der Waals surface area contributed by atoms with Gasteiger partial charge >= 0.3 is 11.7 Å². The van der Waals surface area contributed by atoms with E-state index >= 15 is 0 Å². The van der Waals surface area contributed by atoms with E-state index in [1.165, 1.54) is 12.3 Å². The van der Waals surface area contributed by atoms with Crippen LogP contribution in [-0.2, 0) is 18.5 Å². The van der Waals surface area contributed by atoms with Crippen LogP contribution in [-0.4, -0.2) is 48.1 Å². The summed E-state index contributed by atoms with van der Waals surface area (Å²) in [5.41, 5.74) is -0.889. The van der Waals surface area contributed by atoms with Crippen molar-refractivity contribution in [3.63, 3.8) is 0 Å². The summed E-state index contributed by atoms with van der Waals surface area (Å²) in [6.07, 6.45) is 0.0569. The molecule has 0 aliphatic rings. The van der Waals surface area contributed by atoms with E-state index in [1.54, 1.807) is 43.9 Å². The smallest absolute Gasteiger partial charge is 0.338 e. The molecule has 166 valence electrons. The molecule has 0 spiro atoms. The Bertz CT molecular complexity index is 987. The fourth-order valence-electron chi connectivity index (χ4n) is 2.42. The second-order valence-corrected chi connectivity index (χ2v) is 7.76. The number of nitriles is 1. The normalized spacial score (nSPS) is 13.7. The van der Waals surface area contributed by atoms with Crippen LogP contribution in [0.15, 0.2) is 52.2 Å². The van der Waals surface area contributed by atoms with E-state index in [0.717, 1.165) is 4.57 Å². The molecular weight excluding hydrogens is 425 g/mol. The lowest BCUT2D eigenvalue weighted by Gasteiger charge is -2.24. The maximum Gasteiger partial charge on any atom is 0.338 e. The molecule has 31 heavy (non-hydrogen) atoms. The Hall–Kier alpha value is -2.83. The summed E-state index contributed by atoms with van der Waals surface area (Å²) in [5.74, 6) is -0.571. The Morgan fingerprint density at radius 3 is 2.61 bits per heavy atom. The highest BCUT2D eigenvalue weighted by Crippen LogP contribution is 2.33. The van der Waals surface area contributed by atoms with E-state index in [4.69, 9.17) is 23.8 Å². The third-order valence-electron chi connectivity index (χ3n) is 3.90. The Morgan fingerprint density at radius 2 is 1.94 bits per heavy atom. The first kappa shape index (κ1) is 24.4. The average Bonchev–Trinajstić information content (AvgIpc) is 2.76. The minimum absolute atomic E-state index is 0.149. The number of nitrogens with one attached hydrogen (secondary N) is 1. The van der Waals surface area contributed by atoms with Crippen molar-refractivity contribution in [1.82, 2.24) is 9.55 Å². The molecule has 0 aliphatic heterocycles. The fraction of sp³-hybridized carbons (Fsp3) is 0.400. The summed E-state index contributed by atoms with van der Waals surface area (Å²) in [4.78, 5) is 38.0. The average molecular weight is 449 g/mol. The van der Waals surface area contributed by atoms with E-state index in [2.05, 4.69) is 4.98 Å². The van der Waals surface area contributed by atoms with Crippen LogP contribution >= 0.6 is 8.38 Å². The zero-order valence-corrected chi connectivity index (χ0v) is 18.1. The highest BCUT2D eigenvalue weighted by molar-refractivity contribution is 7.46. The lowest BCUT2D eigenvalue weighted by atomic mass is 10.2. The molecule has 1 aromatic carbocycles. The van der Waals surface area contributed by atoms with Crippen molar-refractivity contribution < 1.29 is 23.3 Å². The van der Waals surface area contributed by atoms with Gasteiger partial charge in [0.1, 0.15) is 6.61 Å². The van der Waals surface area contributed by atoms with Crippen molar-refractivity contribution in [2.24, 2.45) is 0 Å². The second-order valence-electron chi connectivity index (χ2n) is 6.36. The van der Waals surface area contributed by atoms with Gasteiger partial charge in [-0.2, -0.15) is 5.26 Å². The largest absolute Gasteiger partial charge is 0.457 e. The maximum absolute atomic E-state index is 12.3. The van der Waals surface area contributed by atoms with Gasteiger partial charge < -0.3 is 18.5 Å². The lowest BCUT2D eigenvalue weighted by molar-refractivity contribution is -0.0917. The topological polar surface area (TPSA) is 133 Å². The fourth-order valence-corrected chi connectivity index (χ4v) is 3.26. The second kappa shape index (κ2) is 12.8. The third-order valence-corrected chi connectivity index (χ3v) is 4.95. The van der Waals surface area contributed by atoms with Crippen molar-refractivity contribution >= 4 is 14.3 Å². The van der Waals surface area contributed by atoms with Crippen molar-refractivity contribution in [3.05, 3.63) is 69.0 Å². The van der Waals surface area contributed by atoms with Gasteiger partial charge in [-0.25, -0.2) is 9.59 Å². The van der Waals surface area contributed by atoms with Crippen molar-refractivity contribution in [2.45, 2.75) is 25.7 Å². The number of rotatable bonds is 12. The Labute approximate surface area is 180 Å². The lowest BCUT2D eigenvalue weighted by Crippen LogP contribution is -2.36. The van der Waals surface area contributed by atoms with Crippen molar-refractivity contribution in [2.75, 3.05) is 26.5 Å². The minimum atomic E-state index is -1.20. The van der Waals surface area contributed by atoms with Gasteiger partial charge in [0.05, 0.1) is 37.4 Å². The molecule has 3 atom stereocenters. The van der Waals surface area contributed by atoms with Gasteiger partial charge in [0, 0.05) is 18.9 Å². The van der Waals surface area contributed by atoms with Gasteiger partial charge in [-0.1, -0.05) is 18.2 Å². The molecule has 1 aromatic heterocycles. The molecule has 0 aliphatic carbocycles. The van der Waals surface area contributed by atoms with E-state index in [-0.39, 0.29) is 26.2 Å². The monoisotopic (exact) mass is 449 g/mol. The molecule has 2 aromatic rings. The molecular formula is C20H24N3O7P. The van der Waals surface area contributed by atoms with Crippen LogP contribution in [0.2, 0.25) is 0 Å². The predicted molar refractivity (Wildman–Crippen MR) is 113 cm³/mol. The summed E-state index contributed by atoms with van der Waals surface area (Å²) >= 11 is 0. The van der Waals surface area contributed by atoms with Gasteiger partial charge in [0.15, 0.2) is 14.6 Å². The van der Waals surface area contributed by atoms with Crippen LogP contribution < -0.4 is 11.2 Å². The van der Waals surface area contributed by atoms with Gasteiger partial charge in [0.25, 0.3) is 5.56 Å². The van der Waals surface area contributed by atoms with Gasteiger partial charge in [-0.05, 0) is 19.1 Å². The zero-order valence-electron chi connectivity index (χ0n) is 17.2. The van der Waals surface area contributed by atoms with Gasteiger partial charge in [-0.3, -0.25) is 14.3 Å². The number of carbonyl (C=O) groups is 1. The van der Waals surface area contributed by atoms with E-state index in [9.17, 15) is 14.4 Å². The van der Waals surface area contributed by atoms with Gasteiger partial charge in [-0.15, -0.1) is 0 Å². The number of benzene rings is 1. The molecule has 0 amide bonds. The SMILES string of the molecule is C[C@H](COP(C)OCCC#N)O[C@H](COC(=O)c1ccccc1)n1ccc(=O)[nH]c1=O. The number of aromatic nitrogens is 2. The van der Waals surface area contributed by atoms with Gasteiger partial charge in [0.2, 0.25) is 0 Å². The molecule has 1 unspecified atom stereocenters. The van der Waals surface area contributed by atoms with E-state index in [1.807, 2.05) is 6.07 Å². The molecule has 0 bridgehead atoms. The first-order valence-corrected chi connectivity index (χ1v) is 11.1. The molecule has 1 N–H and O–H groups in total. The van der Waals surface area contributed by atoms with Crippen molar-refractivity contribution in [1.29, 1.82) is 5.26 Å². The first-order chi connectivity index (χ1) is 14.9. The highest BCUT2D eigenvalue weighted by Gasteiger charge is 2.20. The van der Waals surface area contributed by atoms with Crippen LogP contribution in [0.25, 0.3) is 0 Å². The number of ether oxygens (including phenoxy) is 2. The summed E-state index contributed by atoms with van der Waals surface area (Å²) < 4.78 is 23.3. The molecule has 11 heteroatoms. The summed E-state index contributed by atoms with van der Waals surface area (Å²) in [6.45, 7) is 3.64. The molecule has 0 fully saturated rings. The Kier molecular flexibility index (Phi) is 10.1. The van der Waals surface area contributed by atoms with Crippen LogP contribution in [0, 0.1) is 11.3 Å². The summed E-state index contributed by atoms with van der Waals surface area (Å²) in [5, 5.41) is 8.54. The standard InChI is InChI=1S/C20H24N3O7P/c1-15(13-29-31(2)28-12-6-10-21)30-18(23-11-9-17(24)22-20(23)26)14-27-19(25)16-7-4-3-5-8-16/h3-5,7-9,11,15,18H,6,12-14H2,1-2H3,(H,22,24,26)/t15-,18-,31?/m1/s1. The third kappa shape index (κ3) is 8.44. The molecule has 0 saturated carbocycles. The number of hydrogen-bond donors (Lipinski definition) is 1. The Balaban J connectivity index is 2.02. The minimum Gasteiger partial charge on any atom is -0.457 e. The Morgan fingerprint density at radius 1 is 1.19 bits per heavy atom. The quantitative estimate of drug-likeness (QED) is 0.296. The number of hydrogen-bond acceptors (Lipinski definition) is 8. The van der Waals surface area contributed by atoms with Crippen LogP contribution in [0.5, 0.6) is 0 Å². The molecule has 0 radical (unpaired) electrons. The van der Waals surface area contributed by atoms with Crippen LogP contribution in [0.1, 0.15) is 29.9 Å². The molecule has 10 nitrogen and oxygen atoms in total. The number of aromatic amines is 1. The van der Waals surface area contributed by atoms with Crippen LogP contribution in [0.4, 0.5) is 0 Å². The molecule has 0 saturated heterocycles. The zero-order chi connectivity index (χ0) is 22.6. The summed E-state index contributed by atoms with van der Waals surface area (Å²) in [7, 11) is -1.20. The number of esters is 1. The highest BCUT2D eigenvalue weighted by atomic mass is 31.2. The predicted octanol–water partition coefficient (Wildman–Crippen LogP) is 2.19. The van der Waals surface area contributed by atoms with E-state index in [0.29, 0.717) is 5.56 Å². The van der Waals surface area contributed by atoms with Crippen molar-refractivity contribution in [3.8, 4) is 6.07 Å². The van der Waals surface area contributed by atoms with E-state index < -0.39 is 37.9 Å². The number of nitrogens with zero attached hydrogens (tertiary/aromatic N) is 2. The molecule has 2 rings (SSSR count). The maximum atomic E-state index is 12.3. The number of carbonyl (C=O) groups excluding carboxylic acids is 1. The first-order valence-electron chi connectivity index (χ1n) is 9.46.